The lowest BCUT2D eigenvalue weighted by Gasteiger charge is -2.10. The van der Waals surface area contributed by atoms with E-state index in [0.717, 1.165) is 11.3 Å². The average Bonchev–Trinajstić information content (AvgIpc) is 2.33. The minimum absolute atomic E-state index is 0.208. The van der Waals surface area contributed by atoms with Crippen molar-refractivity contribution in [2.75, 3.05) is 16.8 Å². The van der Waals surface area contributed by atoms with Gasteiger partial charge in [0.25, 0.3) is 0 Å². The van der Waals surface area contributed by atoms with Gasteiger partial charge in [-0.25, -0.2) is 4.98 Å². The van der Waals surface area contributed by atoms with Crippen LogP contribution in [-0.2, 0) is 0 Å². The molecule has 2 aromatic rings. The fourth-order valence-corrected chi connectivity index (χ4v) is 1.61. The third-order valence-electron chi connectivity index (χ3n) is 2.52. The van der Waals surface area contributed by atoms with Gasteiger partial charge in [0.15, 0.2) is 0 Å². The highest BCUT2D eigenvalue weighted by molar-refractivity contribution is 5.88. The van der Waals surface area contributed by atoms with Gasteiger partial charge in [-0.3, -0.25) is 0 Å². The molecular formula is C12H14N6. The zero-order valence-electron chi connectivity index (χ0n) is 9.94. The number of nitrogens with one attached hydrogen (secondary N) is 2. The Morgan fingerprint density at radius 1 is 1.33 bits per heavy atom. The predicted octanol–water partition coefficient (Wildman–Crippen LogP) is 1.69. The van der Waals surface area contributed by atoms with E-state index in [1.165, 1.54) is 6.21 Å². The molecule has 0 aliphatic heterocycles. The summed E-state index contributed by atoms with van der Waals surface area (Å²) < 4.78 is 0. The third-order valence-corrected chi connectivity index (χ3v) is 2.52. The summed E-state index contributed by atoms with van der Waals surface area (Å²) in [7, 11) is 0. The van der Waals surface area contributed by atoms with Gasteiger partial charge >= 0.3 is 0 Å². The molecule has 6 N–H and O–H groups in total. The first-order valence-electron chi connectivity index (χ1n) is 5.36. The summed E-state index contributed by atoms with van der Waals surface area (Å²) in [5.41, 5.74) is 14.3. The minimum Gasteiger partial charge on any atom is -0.398 e. The van der Waals surface area contributed by atoms with Crippen LogP contribution in [0.1, 0.15) is 11.1 Å². The standard InChI is InChI=1S/C12H14N6/c1-7-4-9(5-8(6-13)11(7)14)17-10-2-3-16-12(15)18-10/h2-6,13H,14H2,1H3,(H3,15,16,17,18). The molecule has 0 aliphatic rings. The van der Waals surface area contributed by atoms with E-state index >= 15 is 0 Å². The van der Waals surface area contributed by atoms with Crippen LogP contribution in [0.2, 0.25) is 0 Å². The van der Waals surface area contributed by atoms with Crippen molar-refractivity contribution in [3.63, 3.8) is 0 Å². The van der Waals surface area contributed by atoms with Crippen molar-refractivity contribution in [3.8, 4) is 0 Å². The summed E-state index contributed by atoms with van der Waals surface area (Å²) in [4.78, 5) is 7.86. The molecule has 18 heavy (non-hydrogen) atoms. The highest BCUT2D eigenvalue weighted by Gasteiger charge is 2.04. The van der Waals surface area contributed by atoms with Crippen molar-refractivity contribution in [1.82, 2.24) is 9.97 Å². The SMILES string of the molecule is Cc1cc(Nc2ccnc(N)n2)cc(C=N)c1N. The van der Waals surface area contributed by atoms with Gasteiger partial charge in [-0.15, -0.1) is 0 Å². The van der Waals surface area contributed by atoms with Crippen LogP contribution in [0.4, 0.5) is 23.1 Å². The van der Waals surface area contributed by atoms with E-state index < -0.39 is 0 Å². The van der Waals surface area contributed by atoms with Crippen molar-refractivity contribution in [2.24, 2.45) is 0 Å². The summed E-state index contributed by atoms with van der Waals surface area (Å²) in [5, 5.41) is 10.4. The second-order valence-electron chi connectivity index (χ2n) is 3.87. The lowest BCUT2D eigenvalue weighted by atomic mass is 10.1. The summed E-state index contributed by atoms with van der Waals surface area (Å²) in [6.07, 6.45) is 2.80. The third kappa shape index (κ3) is 2.37. The molecule has 0 spiro atoms. The number of nitrogens with two attached hydrogens (primary N) is 2. The van der Waals surface area contributed by atoms with E-state index in [-0.39, 0.29) is 5.95 Å². The Labute approximate surface area is 105 Å². The predicted molar refractivity (Wildman–Crippen MR) is 73.2 cm³/mol. The molecule has 2 rings (SSSR count). The summed E-state index contributed by atoms with van der Waals surface area (Å²) in [5.74, 6) is 0.807. The van der Waals surface area contributed by atoms with Crippen LogP contribution in [-0.4, -0.2) is 16.2 Å². The molecule has 0 radical (unpaired) electrons. The van der Waals surface area contributed by atoms with Crippen molar-refractivity contribution < 1.29 is 0 Å². The molecule has 6 heteroatoms. The van der Waals surface area contributed by atoms with Crippen LogP contribution in [0.5, 0.6) is 0 Å². The number of nitrogen functional groups attached to an aromatic ring is 2. The highest BCUT2D eigenvalue weighted by Crippen LogP contribution is 2.23. The maximum atomic E-state index is 7.31. The van der Waals surface area contributed by atoms with Crippen molar-refractivity contribution >= 4 is 29.4 Å². The first-order valence-corrected chi connectivity index (χ1v) is 5.36. The van der Waals surface area contributed by atoms with Gasteiger partial charge in [-0.2, -0.15) is 4.98 Å². The van der Waals surface area contributed by atoms with E-state index in [9.17, 15) is 0 Å². The van der Waals surface area contributed by atoms with Gasteiger partial charge in [-0.05, 0) is 30.7 Å². The molecule has 1 aromatic heterocycles. The van der Waals surface area contributed by atoms with Crippen molar-refractivity contribution in [3.05, 3.63) is 35.5 Å². The van der Waals surface area contributed by atoms with Crippen LogP contribution in [0.3, 0.4) is 0 Å². The molecule has 0 saturated carbocycles. The second-order valence-corrected chi connectivity index (χ2v) is 3.87. The van der Waals surface area contributed by atoms with Gasteiger partial charge in [0.1, 0.15) is 5.82 Å². The Hall–Kier alpha value is -2.63. The normalized spacial score (nSPS) is 10.1. The van der Waals surface area contributed by atoms with E-state index in [4.69, 9.17) is 16.9 Å². The minimum atomic E-state index is 0.208. The van der Waals surface area contributed by atoms with E-state index in [2.05, 4.69) is 15.3 Å². The number of anilines is 4. The van der Waals surface area contributed by atoms with E-state index in [1.807, 2.05) is 13.0 Å². The molecule has 1 aromatic carbocycles. The molecule has 0 unspecified atom stereocenters. The van der Waals surface area contributed by atoms with Crippen LogP contribution in [0, 0.1) is 12.3 Å². The molecule has 0 amide bonds. The molecule has 1 heterocycles. The van der Waals surface area contributed by atoms with Gasteiger partial charge in [0.05, 0.1) is 0 Å². The van der Waals surface area contributed by atoms with E-state index in [0.29, 0.717) is 17.1 Å². The number of aromatic nitrogens is 2. The Kier molecular flexibility index (Phi) is 3.09. The average molecular weight is 242 g/mol. The Morgan fingerprint density at radius 2 is 2.11 bits per heavy atom. The Balaban J connectivity index is 2.35. The topological polar surface area (TPSA) is 114 Å². The Morgan fingerprint density at radius 3 is 2.78 bits per heavy atom. The lowest BCUT2D eigenvalue weighted by molar-refractivity contribution is 1.18. The zero-order valence-corrected chi connectivity index (χ0v) is 9.94. The molecule has 0 fully saturated rings. The van der Waals surface area contributed by atoms with Gasteiger partial charge < -0.3 is 22.2 Å². The van der Waals surface area contributed by atoms with Crippen LogP contribution < -0.4 is 16.8 Å². The summed E-state index contributed by atoms with van der Waals surface area (Å²) >= 11 is 0. The van der Waals surface area contributed by atoms with E-state index in [1.54, 1.807) is 18.3 Å². The van der Waals surface area contributed by atoms with Gasteiger partial charge in [-0.1, -0.05) is 0 Å². The second kappa shape index (κ2) is 4.70. The van der Waals surface area contributed by atoms with Gasteiger partial charge in [0.2, 0.25) is 5.95 Å². The quantitative estimate of drug-likeness (QED) is 0.483. The Bertz CT molecular complexity index is 593. The number of benzene rings is 1. The number of rotatable bonds is 3. The van der Waals surface area contributed by atoms with Crippen molar-refractivity contribution in [1.29, 1.82) is 5.41 Å². The maximum absolute atomic E-state index is 7.31. The number of hydrogen-bond acceptors (Lipinski definition) is 6. The molecule has 0 bridgehead atoms. The molecular weight excluding hydrogens is 228 g/mol. The fourth-order valence-electron chi connectivity index (χ4n) is 1.61. The molecule has 0 saturated heterocycles. The zero-order chi connectivity index (χ0) is 13.1. The van der Waals surface area contributed by atoms with Crippen molar-refractivity contribution in [2.45, 2.75) is 6.92 Å². The maximum Gasteiger partial charge on any atom is 0.221 e. The van der Waals surface area contributed by atoms with Crippen LogP contribution >= 0.6 is 0 Å². The number of hydrogen-bond donors (Lipinski definition) is 4. The highest BCUT2D eigenvalue weighted by atomic mass is 15.1. The first kappa shape index (κ1) is 11.8. The van der Waals surface area contributed by atoms with Crippen LogP contribution in [0.15, 0.2) is 24.4 Å². The molecule has 0 atom stereocenters. The molecule has 0 aliphatic carbocycles. The first-order chi connectivity index (χ1) is 8.60. The summed E-state index contributed by atoms with van der Waals surface area (Å²) in [6.45, 7) is 1.89. The van der Waals surface area contributed by atoms with Crippen LogP contribution in [0.25, 0.3) is 0 Å². The smallest absolute Gasteiger partial charge is 0.221 e. The monoisotopic (exact) mass is 242 g/mol. The molecule has 92 valence electrons. The fraction of sp³-hybridized carbons (Fsp3) is 0.0833. The summed E-state index contributed by atoms with van der Waals surface area (Å²) in [6, 6.07) is 5.39. The number of aryl methyl sites for hydroxylation is 1. The molecule has 6 nitrogen and oxygen atoms in total. The number of nitrogens with zero attached hydrogens (tertiary/aromatic N) is 2. The lowest BCUT2D eigenvalue weighted by Crippen LogP contribution is -2.02. The van der Waals surface area contributed by atoms with Gasteiger partial charge in [0, 0.05) is 29.3 Å². The largest absolute Gasteiger partial charge is 0.398 e.